The molecule has 0 saturated carbocycles. The number of amides is 1. The van der Waals surface area contributed by atoms with E-state index in [9.17, 15) is 4.79 Å². The van der Waals surface area contributed by atoms with Crippen molar-refractivity contribution in [2.24, 2.45) is 0 Å². The highest BCUT2D eigenvalue weighted by Crippen LogP contribution is 2.07. The second-order valence-electron chi connectivity index (χ2n) is 6.33. The molecule has 0 radical (unpaired) electrons. The largest absolute Gasteiger partial charge is 0.444 e. The molecule has 1 aliphatic heterocycles. The minimum atomic E-state index is -0.434. The summed E-state index contributed by atoms with van der Waals surface area (Å²) in [6.45, 7) is 10.7. The molecular weight excluding hydrogens is 242 g/mol. The fraction of sp³-hybridized carbons (Fsp3) is 0.929. The zero-order chi connectivity index (χ0) is 14.3. The third kappa shape index (κ3) is 8.06. The molecule has 0 aromatic rings. The maximum Gasteiger partial charge on any atom is 0.407 e. The molecule has 5 nitrogen and oxygen atoms in total. The van der Waals surface area contributed by atoms with E-state index >= 15 is 0 Å². The van der Waals surface area contributed by atoms with Crippen molar-refractivity contribution in [3.8, 4) is 0 Å². The van der Waals surface area contributed by atoms with Gasteiger partial charge in [-0.15, -0.1) is 0 Å². The summed E-state index contributed by atoms with van der Waals surface area (Å²) in [5.41, 5.74) is -0.434. The summed E-state index contributed by atoms with van der Waals surface area (Å²) >= 11 is 0. The fourth-order valence-corrected chi connectivity index (χ4v) is 2.11. The highest BCUT2D eigenvalue weighted by Gasteiger charge is 2.17. The zero-order valence-electron chi connectivity index (χ0n) is 12.7. The summed E-state index contributed by atoms with van der Waals surface area (Å²) in [6, 6.07) is 0.744. The summed E-state index contributed by atoms with van der Waals surface area (Å²) in [6.07, 6.45) is 3.12. The molecule has 2 unspecified atom stereocenters. The Labute approximate surface area is 116 Å². The van der Waals surface area contributed by atoms with E-state index in [0.29, 0.717) is 6.04 Å². The van der Waals surface area contributed by atoms with Gasteiger partial charge in [0.15, 0.2) is 0 Å². The average molecular weight is 271 g/mol. The minimum absolute atomic E-state index is 0.124. The number of alkyl carbamates (subject to hydrolysis) is 1. The van der Waals surface area contributed by atoms with Gasteiger partial charge in [0.05, 0.1) is 0 Å². The molecule has 1 aliphatic rings. The number of hydrogen-bond acceptors (Lipinski definition) is 4. The average Bonchev–Trinajstić information content (AvgIpc) is 2.74. The van der Waals surface area contributed by atoms with E-state index < -0.39 is 5.60 Å². The molecule has 112 valence electrons. The lowest BCUT2D eigenvalue weighted by molar-refractivity contribution is 0.0506. The van der Waals surface area contributed by atoms with Gasteiger partial charge in [0.1, 0.15) is 5.60 Å². The molecule has 0 spiro atoms. The standard InChI is InChI=1S/C14H29N3O2/c1-11(17-13(18)19-14(2,3)4)7-9-15-10-12-6-5-8-16-12/h11-12,15-16H,5-10H2,1-4H3,(H,17,18). The monoisotopic (exact) mass is 271 g/mol. The van der Waals surface area contributed by atoms with E-state index in [1.165, 1.54) is 12.8 Å². The number of carbonyl (C=O) groups is 1. The zero-order valence-corrected chi connectivity index (χ0v) is 12.7. The van der Waals surface area contributed by atoms with Crippen LogP contribution in [0, 0.1) is 0 Å². The molecule has 1 fully saturated rings. The molecule has 5 heteroatoms. The van der Waals surface area contributed by atoms with Crippen LogP contribution in [0.25, 0.3) is 0 Å². The van der Waals surface area contributed by atoms with E-state index in [4.69, 9.17) is 4.74 Å². The molecule has 19 heavy (non-hydrogen) atoms. The van der Waals surface area contributed by atoms with Crippen LogP contribution in [0.1, 0.15) is 47.0 Å². The molecular formula is C14H29N3O2. The van der Waals surface area contributed by atoms with Gasteiger partial charge in [-0.2, -0.15) is 0 Å². The normalized spacial score (nSPS) is 21.2. The Morgan fingerprint density at radius 1 is 1.47 bits per heavy atom. The summed E-state index contributed by atoms with van der Waals surface area (Å²) < 4.78 is 5.22. The van der Waals surface area contributed by atoms with Crippen LogP contribution in [-0.2, 0) is 4.74 Å². The molecule has 1 saturated heterocycles. The first-order valence-corrected chi connectivity index (χ1v) is 7.30. The third-order valence-corrected chi connectivity index (χ3v) is 3.07. The summed E-state index contributed by atoms with van der Waals surface area (Å²) in [5, 5.41) is 9.72. The van der Waals surface area contributed by atoms with E-state index in [2.05, 4.69) is 16.0 Å². The number of carbonyl (C=O) groups excluding carboxylic acids is 1. The van der Waals surface area contributed by atoms with Crippen LogP contribution >= 0.6 is 0 Å². The van der Waals surface area contributed by atoms with Crippen LogP contribution in [0.15, 0.2) is 0 Å². The number of hydrogen-bond donors (Lipinski definition) is 3. The highest BCUT2D eigenvalue weighted by atomic mass is 16.6. The first-order chi connectivity index (χ1) is 8.87. The Morgan fingerprint density at radius 2 is 2.21 bits per heavy atom. The first-order valence-electron chi connectivity index (χ1n) is 7.30. The van der Waals surface area contributed by atoms with Crippen LogP contribution < -0.4 is 16.0 Å². The molecule has 2 atom stereocenters. The topological polar surface area (TPSA) is 62.4 Å². The lowest BCUT2D eigenvalue weighted by atomic mass is 10.2. The quantitative estimate of drug-likeness (QED) is 0.643. The Balaban J connectivity index is 2.03. The van der Waals surface area contributed by atoms with Gasteiger partial charge in [0, 0.05) is 18.6 Å². The lowest BCUT2D eigenvalue weighted by Crippen LogP contribution is -2.40. The fourth-order valence-electron chi connectivity index (χ4n) is 2.11. The van der Waals surface area contributed by atoms with Gasteiger partial charge in [0.25, 0.3) is 0 Å². The van der Waals surface area contributed by atoms with Crippen molar-refractivity contribution in [1.29, 1.82) is 0 Å². The van der Waals surface area contributed by atoms with Gasteiger partial charge >= 0.3 is 6.09 Å². The lowest BCUT2D eigenvalue weighted by Gasteiger charge is -2.22. The summed E-state index contributed by atoms with van der Waals surface area (Å²) in [4.78, 5) is 11.5. The van der Waals surface area contributed by atoms with Crippen molar-refractivity contribution in [1.82, 2.24) is 16.0 Å². The molecule has 1 amide bonds. The van der Waals surface area contributed by atoms with E-state index in [0.717, 1.165) is 26.1 Å². The second kappa shape index (κ2) is 7.70. The number of rotatable bonds is 6. The molecule has 0 bridgehead atoms. The molecule has 0 aliphatic carbocycles. The van der Waals surface area contributed by atoms with E-state index in [-0.39, 0.29) is 12.1 Å². The van der Waals surface area contributed by atoms with Gasteiger partial charge in [-0.1, -0.05) is 0 Å². The Hall–Kier alpha value is -0.810. The van der Waals surface area contributed by atoms with Crippen molar-refractivity contribution >= 4 is 6.09 Å². The van der Waals surface area contributed by atoms with Crippen LogP contribution in [-0.4, -0.2) is 43.4 Å². The van der Waals surface area contributed by atoms with Crippen LogP contribution in [0.4, 0.5) is 4.79 Å². The third-order valence-electron chi connectivity index (χ3n) is 3.07. The molecule has 0 aromatic carbocycles. The van der Waals surface area contributed by atoms with Crippen molar-refractivity contribution < 1.29 is 9.53 Å². The Morgan fingerprint density at radius 3 is 2.79 bits per heavy atom. The molecule has 0 aromatic heterocycles. The van der Waals surface area contributed by atoms with Gasteiger partial charge in [-0.3, -0.25) is 0 Å². The van der Waals surface area contributed by atoms with Gasteiger partial charge < -0.3 is 20.7 Å². The van der Waals surface area contributed by atoms with Crippen molar-refractivity contribution in [2.75, 3.05) is 19.6 Å². The van der Waals surface area contributed by atoms with Gasteiger partial charge in [-0.05, 0) is 60.0 Å². The SMILES string of the molecule is CC(CCNCC1CCCN1)NC(=O)OC(C)(C)C. The molecule has 3 N–H and O–H groups in total. The number of nitrogens with one attached hydrogen (secondary N) is 3. The van der Waals surface area contributed by atoms with Crippen molar-refractivity contribution in [3.05, 3.63) is 0 Å². The second-order valence-corrected chi connectivity index (χ2v) is 6.33. The molecule has 1 rings (SSSR count). The smallest absolute Gasteiger partial charge is 0.407 e. The minimum Gasteiger partial charge on any atom is -0.444 e. The van der Waals surface area contributed by atoms with E-state index in [1.807, 2.05) is 27.7 Å². The Bertz CT molecular complexity index is 270. The number of ether oxygens (including phenoxy) is 1. The predicted molar refractivity (Wildman–Crippen MR) is 77.3 cm³/mol. The van der Waals surface area contributed by atoms with Crippen molar-refractivity contribution in [2.45, 2.75) is 64.6 Å². The van der Waals surface area contributed by atoms with Gasteiger partial charge in [-0.25, -0.2) is 4.79 Å². The van der Waals surface area contributed by atoms with Crippen molar-refractivity contribution in [3.63, 3.8) is 0 Å². The van der Waals surface area contributed by atoms with Crippen LogP contribution in [0.5, 0.6) is 0 Å². The van der Waals surface area contributed by atoms with Crippen LogP contribution in [0.3, 0.4) is 0 Å². The Kier molecular flexibility index (Phi) is 6.58. The van der Waals surface area contributed by atoms with Crippen LogP contribution in [0.2, 0.25) is 0 Å². The molecule has 1 heterocycles. The first kappa shape index (κ1) is 16.2. The van der Waals surface area contributed by atoms with E-state index in [1.54, 1.807) is 0 Å². The van der Waals surface area contributed by atoms with Gasteiger partial charge in [0.2, 0.25) is 0 Å². The summed E-state index contributed by atoms with van der Waals surface area (Å²) in [7, 11) is 0. The maximum absolute atomic E-state index is 11.5. The highest BCUT2D eigenvalue weighted by molar-refractivity contribution is 5.67. The summed E-state index contributed by atoms with van der Waals surface area (Å²) in [5.74, 6) is 0. The maximum atomic E-state index is 11.5. The predicted octanol–water partition coefficient (Wildman–Crippen LogP) is 1.63.